The van der Waals surface area contributed by atoms with Gasteiger partial charge in [-0.05, 0) is 30.7 Å². The fourth-order valence-electron chi connectivity index (χ4n) is 2.60. The molecule has 4 nitrogen and oxygen atoms in total. The Bertz CT molecular complexity index is 859. The molecule has 0 unspecified atom stereocenters. The molecule has 24 heavy (non-hydrogen) atoms. The second-order valence-electron chi connectivity index (χ2n) is 5.75. The number of aromatic nitrogens is 1. The van der Waals surface area contributed by atoms with E-state index in [2.05, 4.69) is 42.2 Å². The number of hydrogen-bond acceptors (Lipinski definition) is 4. The number of hydrogen-bond donors (Lipinski definition) is 0. The fraction of sp³-hybridized carbons (Fsp3) is 0.150. The van der Waals surface area contributed by atoms with Crippen LogP contribution in [0.4, 0.5) is 0 Å². The molecule has 120 valence electrons. The predicted octanol–water partition coefficient (Wildman–Crippen LogP) is 4.36. The Labute approximate surface area is 140 Å². The number of nitrogens with zero attached hydrogens (tertiary/aromatic N) is 1. The molecule has 2 heterocycles. The highest BCUT2D eigenvalue weighted by molar-refractivity contribution is 5.63. The lowest BCUT2D eigenvalue weighted by atomic mass is 10.0. The molecular formula is C20H17NO3. The van der Waals surface area contributed by atoms with Crippen LogP contribution in [0.3, 0.4) is 0 Å². The van der Waals surface area contributed by atoms with Gasteiger partial charge in [-0.2, -0.15) is 0 Å². The molecule has 1 aliphatic rings. The number of aryl methyl sites for hydroxylation is 1. The number of pyridine rings is 1. The molecule has 0 atom stereocenters. The molecule has 0 bridgehead atoms. The van der Waals surface area contributed by atoms with Crippen LogP contribution in [0.5, 0.6) is 17.2 Å². The molecular weight excluding hydrogens is 302 g/mol. The molecule has 0 saturated carbocycles. The predicted molar refractivity (Wildman–Crippen MR) is 91.3 cm³/mol. The second kappa shape index (κ2) is 6.24. The molecule has 1 aliphatic heterocycles. The molecule has 4 heteroatoms. The molecule has 0 fully saturated rings. The van der Waals surface area contributed by atoms with Crippen LogP contribution in [0.2, 0.25) is 0 Å². The molecule has 0 aliphatic carbocycles. The highest BCUT2D eigenvalue weighted by Gasteiger charge is 2.13. The van der Waals surface area contributed by atoms with E-state index in [-0.39, 0.29) is 6.79 Å². The summed E-state index contributed by atoms with van der Waals surface area (Å²) in [5.74, 6) is 2.23. The third kappa shape index (κ3) is 3.04. The molecule has 0 spiro atoms. The zero-order chi connectivity index (χ0) is 16.4. The molecule has 3 aromatic rings. The molecule has 1 aromatic heterocycles. The summed E-state index contributed by atoms with van der Waals surface area (Å²) in [7, 11) is 0. The molecule has 0 N–H and O–H groups in total. The summed E-state index contributed by atoms with van der Waals surface area (Å²) in [5, 5.41) is 0. The number of fused-ring (bicyclic) bond motifs is 1. The van der Waals surface area contributed by atoms with Crippen LogP contribution >= 0.6 is 0 Å². The lowest BCUT2D eigenvalue weighted by Crippen LogP contribution is -1.97. The largest absolute Gasteiger partial charge is 0.489 e. The SMILES string of the molecule is Cc1ccc(-c2cncc(COc3ccc4c(c3)OCO4)c2)cc1. The van der Waals surface area contributed by atoms with Gasteiger partial charge in [0.15, 0.2) is 11.5 Å². The molecule has 0 amide bonds. The lowest BCUT2D eigenvalue weighted by molar-refractivity contribution is 0.173. The van der Waals surface area contributed by atoms with Crippen molar-refractivity contribution in [1.82, 2.24) is 4.98 Å². The maximum atomic E-state index is 5.85. The van der Waals surface area contributed by atoms with Gasteiger partial charge in [0.05, 0.1) is 0 Å². The van der Waals surface area contributed by atoms with Crippen molar-refractivity contribution in [3.05, 3.63) is 72.1 Å². The van der Waals surface area contributed by atoms with E-state index < -0.39 is 0 Å². The van der Waals surface area contributed by atoms with Gasteiger partial charge in [-0.25, -0.2) is 0 Å². The highest BCUT2D eigenvalue weighted by atomic mass is 16.7. The second-order valence-corrected chi connectivity index (χ2v) is 5.75. The Morgan fingerprint density at radius 1 is 0.917 bits per heavy atom. The van der Waals surface area contributed by atoms with Gasteiger partial charge in [0, 0.05) is 29.6 Å². The Morgan fingerprint density at radius 3 is 2.62 bits per heavy atom. The van der Waals surface area contributed by atoms with Crippen molar-refractivity contribution in [3.8, 4) is 28.4 Å². The molecule has 0 radical (unpaired) electrons. The van der Waals surface area contributed by atoms with Crippen LogP contribution in [0.25, 0.3) is 11.1 Å². The first-order chi connectivity index (χ1) is 11.8. The van der Waals surface area contributed by atoms with Crippen LogP contribution in [0.15, 0.2) is 60.9 Å². The fourth-order valence-corrected chi connectivity index (χ4v) is 2.60. The first-order valence-corrected chi connectivity index (χ1v) is 7.81. The summed E-state index contributed by atoms with van der Waals surface area (Å²) in [4.78, 5) is 4.33. The quantitative estimate of drug-likeness (QED) is 0.716. The average molecular weight is 319 g/mol. The zero-order valence-corrected chi connectivity index (χ0v) is 13.4. The first kappa shape index (κ1) is 14.6. The molecule has 2 aromatic carbocycles. The van der Waals surface area contributed by atoms with Gasteiger partial charge in [-0.3, -0.25) is 4.98 Å². The van der Waals surface area contributed by atoms with E-state index in [4.69, 9.17) is 14.2 Å². The van der Waals surface area contributed by atoms with Gasteiger partial charge >= 0.3 is 0 Å². The highest BCUT2D eigenvalue weighted by Crippen LogP contribution is 2.35. The van der Waals surface area contributed by atoms with Crippen LogP contribution in [-0.2, 0) is 6.61 Å². The number of benzene rings is 2. The lowest BCUT2D eigenvalue weighted by Gasteiger charge is -2.08. The Morgan fingerprint density at radius 2 is 1.75 bits per heavy atom. The summed E-state index contributed by atoms with van der Waals surface area (Å²) in [6.07, 6.45) is 3.69. The van der Waals surface area contributed by atoms with Gasteiger partial charge < -0.3 is 14.2 Å². The van der Waals surface area contributed by atoms with E-state index in [0.29, 0.717) is 6.61 Å². The summed E-state index contributed by atoms with van der Waals surface area (Å²) >= 11 is 0. The zero-order valence-electron chi connectivity index (χ0n) is 13.4. The third-order valence-electron chi connectivity index (χ3n) is 3.93. The minimum atomic E-state index is 0.265. The van der Waals surface area contributed by atoms with E-state index in [1.807, 2.05) is 30.6 Å². The van der Waals surface area contributed by atoms with E-state index in [1.54, 1.807) is 0 Å². The normalized spacial score (nSPS) is 12.2. The van der Waals surface area contributed by atoms with E-state index in [0.717, 1.165) is 33.9 Å². The summed E-state index contributed by atoms with van der Waals surface area (Å²) < 4.78 is 16.5. The Balaban J connectivity index is 1.49. The summed E-state index contributed by atoms with van der Waals surface area (Å²) in [6.45, 7) is 2.80. The van der Waals surface area contributed by atoms with Crippen molar-refractivity contribution in [2.24, 2.45) is 0 Å². The van der Waals surface area contributed by atoms with E-state index in [1.165, 1.54) is 5.56 Å². The van der Waals surface area contributed by atoms with Gasteiger partial charge in [0.1, 0.15) is 12.4 Å². The van der Waals surface area contributed by atoms with Gasteiger partial charge in [-0.1, -0.05) is 29.8 Å². The van der Waals surface area contributed by atoms with Gasteiger partial charge in [0.25, 0.3) is 0 Å². The number of ether oxygens (including phenoxy) is 3. The Kier molecular flexibility index (Phi) is 3.79. The maximum Gasteiger partial charge on any atom is 0.231 e. The van der Waals surface area contributed by atoms with Crippen molar-refractivity contribution in [1.29, 1.82) is 0 Å². The molecule has 0 saturated heterocycles. The average Bonchev–Trinajstić information content (AvgIpc) is 3.08. The van der Waals surface area contributed by atoms with E-state index in [9.17, 15) is 0 Å². The summed E-state index contributed by atoms with van der Waals surface area (Å²) in [6, 6.07) is 16.1. The van der Waals surface area contributed by atoms with Crippen molar-refractivity contribution in [2.75, 3.05) is 6.79 Å². The minimum absolute atomic E-state index is 0.265. The maximum absolute atomic E-state index is 5.85. The van der Waals surface area contributed by atoms with Crippen molar-refractivity contribution >= 4 is 0 Å². The smallest absolute Gasteiger partial charge is 0.231 e. The monoisotopic (exact) mass is 319 g/mol. The first-order valence-electron chi connectivity index (χ1n) is 7.81. The third-order valence-corrected chi connectivity index (χ3v) is 3.93. The Hall–Kier alpha value is -3.01. The summed E-state index contributed by atoms with van der Waals surface area (Å²) in [5.41, 5.74) is 4.50. The molecule has 4 rings (SSSR count). The van der Waals surface area contributed by atoms with Gasteiger partial charge in [0.2, 0.25) is 6.79 Å². The minimum Gasteiger partial charge on any atom is -0.489 e. The van der Waals surface area contributed by atoms with Crippen LogP contribution in [0.1, 0.15) is 11.1 Å². The van der Waals surface area contributed by atoms with Crippen molar-refractivity contribution < 1.29 is 14.2 Å². The van der Waals surface area contributed by atoms with Crippen LogP contribution in [-0.4, -0.2) is 11.8 Å². The van der Waals surface area contributed by atoms with Crippen molar-refractivity contribution in [2.45, 2.75) is 13.5 Å². The van der Waals surface area contributed by atoms with E-state index >= 15 is 0 Å². The van der Waals surface area contributed by atoms with Gasteiger partial charge in [-0.15, -0.1) is 0 Å². The van der Waals surface area contributed by atoms with Crippen LogP contribution < -0.4 is 14.2 Å². The topological polar surface area (TPSA) is 40.6 Å². The number of rotatable bonds is 4. The van der Waals surface area contributed by atoms with Crippen LogP contribution in [0, 0.1) is 6.92 Å². The standard InChI is InChI=1S/C20H17NO3/c1-14-2-4-16(5-3-14)17-8-15(10-21-11-17)12-22-18-6-7-19-20(9-18)24-13-23-19/h2-11H,12-13H2,1H3. The van der Waals surface area contributed by atoms with Crippen molar-refractivity contribution in [3.63, 3.8) is 0 Å².